The Hall–Kier alpha value is -3.98. The van der Waals surface area contributed by atoms with E-state index in [9.17, 15) is 18.8 Å². The number of anilines is 2. The van der Waals surface area contributed by atoms with Crippen molar-refractivity contribution in [2.24, 2.45) is 5.73 Å². The fourth-order valence-corrected chi connectivity index (χ4v) is 4.81. The van der Waals surface area contributed by atoms with Gasteiger partial charge in [-0.3, -0.25) is 14.4 Å². The number of nitrogens with zero attached hydrogens (tertiary/aromatic N) is 2. The fraction of sp³-hybridized carbons (Fsp3) is 0.259. The van der Waals surface area contributed by atoms with E-state index in [4.69, 9.17) is 17.3 Å². The van der Waals surface area contributed by atoms with E-state index in [0.29, 0.717) is 5.69 Å². The zero-order valence-corrected chi connectivity index (χ0v) is 21.4. The first-order chi connectivity index (χ1) is 17.6. The van der Waals surface area contributed by atoms with Crippen LogP contribution in [0.15, 0.2) is 54.7 Å². The van der Waals surface area contributed by atoms with Gasteiger partial charge >= 0.3 is 0 Å². The average Bonchev–Trinajstić information content (AvgIpc) is 2.84. The topological polar surface area (TPSA) is 117 Å². The van der Waals surface area contributed by atoms with Crippen LogP contribution < -0.4 is 21.3 Å². The van der Waals surface area contributed by atoms with Crippen LogP contribution in [0.1, 0.15) is 51.6 Å². The molecule has 1 aromatic heterocycles. The Kier molecular flexibility index (Phi) is 7.18. The van der Waals surface area contributed by atoms with E-state index in [-0.39, 0.29) is 46.9 Å². The van der Waals surface area contributed by atoms with Gasteiger partial charge in [0.15, 0.2) is 0 Å². The number of nitrogens with two attached hydrogens (primary N) is 1. The smallest absolute Gasteiger partial charge is 0.253 e. The van der Waals surface area contributed by atoms with Gasteiger partial charge in [0.1, 0.15) is 16.4 Å². The van der Waals surface area contributed by atoms with E-state index in [1.807, 2.05) is 43.0 Å². The van der Waals surface area contributed by atoms with Crippen LogP contribution in [0.4, 0.5) is 15.8 Å². The zero-order chi connectivity index (χ0) is 26.9. The number of benzene rings is 2. The highest BCUT2D eigenvalue weighted by Crippen LogP contribution is 2.42. The first-order valence-electron chi connectivity index (χ1n) is 11.7. The van der Waals surface area contributed by atoms with Crippen molar-refractivity contribution in [2.75, 3.05) is 30.4 Å². The Balaban J connectivity index is 1.73. The summed E-state index contributed by atoms with van der Waals surface area (Å²) in [4.78, 5) is 43.7. The lowest BCUT2D eigenvalue weighted by Gasteiger charge is -2.51. The molecule has 0 radical (unpaired) electrons. The molecule has 0 spiro atoms. The van der Waals surface area contributed by atoms with Gasteiger partial charge in [0.05, 0.1) is 23.0 Å². The second kappa shape index (κ2) is 10.2. The molecule has 0 aliphatic carbocycles. The molecule has 10 heteroatoms. The summed E-state index contributed by atoms with van der Waals surface area (Å²) in [6.45, 7) is 4.58. The maximum atomic E-state index is 14.5. The summed E-state index contributed by atoms with van der Waals surface area (Å²) in [5, 5.41) is 5.54. The number of hydrogen-bond donors (Lipinski definition) is 3. The Labute approximate surface area is 219 Å². The molecule has 4 N–H and O–H groups in total. The number of amides is 3. The second-order valence-electron chi connectivity index (χ2n) is 9.29. The lowest BCUT2D eigenvalue weighted by molar-refractivity contribution is -0.122. The molecule has 1 saturated heterocycles. The minimum Gasteiger partial charge on any atom is -0.368 e. The molecule has 1 aliphatic rings. The minimum absolute atomic E-state index is 0.118. The van der Waals surface area contributed by atoms with Crippen LogP contribution in [0.2, 0.25) is 5.15 Å². The molecule has 0 unspecified atom stereocenters. The summed E-state index contributed by atoms with van der Waals surface area (Å²) in [5.41, 5.74) is 6.81. The highest BCUT2D eigenvalue weighted by Gasteiger charge is 2.52. The van der Waals surface area contributed by atoms with Gasteiger partial charge < -0.3 is 21.3 Å². The van der Waals surface area contributed by atoms with E-state index in [1.54, 1.807) is 6.07 Å². The fourth-order valence-electron chi connectivity index (χ4n) is 4.65. The third-order valence-electron chi connectivity index (χ3n) is 6.63. The van der Waals surface area contributed by atoms with Gasteiger partial charge in [0.25, 0.3) is 11.8 Å². The van der Waals surface area contributed by atoms with Gasteiger partial charge in [0.2, 0.25) is 5.91 Å². The molecule has 0 atom stereocenters. The number of aromatic nitrogens is 1. The van der Waals surface area contributed by atoms with Crippen LogP contribution in [-0.4, -0.2) is 42.8 Å². The number of carbonyl (C=O) groups excluding carboxylic acids is 3. The van der Waals surface area contributed by atoms with E-state index in [1.165, 1.54) is 31.4 Å². The van der Waals surface area contributed by atoms with Crippen LogP contribution in [-0.2, 0) is 10.2 Å². The van der Waals surface area contributed by atoms with Crippen LogP contribution in [0, 0.1) is 5.82 Å². The maximum Gasteiger partial charge on any atom is 0.253 e. The van der Waals surface area contributed by atoms with Crippen LogP contribution in [0.25, 0.3) is 0 Å². The number of primary amides is 1. The van der Waals surface area contributed by atoms with E-state index < -0.39 is 23.0 Å². The van der Waals surface area contributed by atoms with E-state index in [0.717, 1.165) is 11.1 Å². The van der Waals surface area contributed by atoms with Crippen molar-refractivity contribution < 1.29 is 18.8 Å². The van der Waals surface area contributed by atoms with Crippen molar-refractivity contribution in [1.29, 1.82) is 0 Å². The van der Waals surface area contributed by atoms with E-state index >= 15 is 0 Å². The maximum absolute atomic E-state index is 14.5. The Morgan fingerprint density at radius 1 is 1.11 bits per heavy atom. The third-order valence-corrected chi connectivity index (χ3v) is 6.84. The summed E-state index contributed by atoms with van der Waals surface area (Å²) in [6, 6.07) is 13.3. The quantitative estimate of drug-likeness (QED) is 0.407. The summed E-state index contributed by atoms with van der Waals surface area (Å²) in [6.07, 6.45) is 1.35. The van der Waals surface area contributed by atoms with Gasteiger partial charge in [-0.1, -0.05) is 49.7 Å². The zero-order valence-electron chi connectivity index (χ0n) is 20.6. The van der Waals surface area contributed by atoms with Gasteiger partial charge in [-0.15, -0.1) is 0 Å². The van der Waals surface area contributed by atoms with Crippen molar-refractivity contribution >= 4 is 40.7 Å². The Morgan fingerprint density at radius 2 is 1.81 bits per heavy atom. The lowest BCUT2D eigenvalue weighted by Crippen LogP contribution is -2.65. The van der Waals surface area contributed by atoms with Crippen LogP contribution in [0.3, 0.4) is 0 Å². The standard InChI is InChI=1S/C27H27ClFN5O3/c1-15(2)17-6-4-5-7-20(17)27(13-34(14-27)16-8-9-18(24(30)35)21(29)10-16)26(37)33-22-12-32-23(28)11-19(22)25(36)31-3/h4-12,15H,13-14H2,1-3H3,(H2,30,35)(H,31,36)(H,33,37). The van der Waals surface area contributed by atoms with Crippen LogP contribution >= 0.6 is 11.6 Å². The molecule has 192 valence electrons. The molecule has 3 aromatic rings. The molecule has 8 nitrogen and oxygen atoms in total. The molecule has 2 heterocycles. The molecule has 4 rings (SSSR count). The first kappa shape index (κ1) is 26.1. The van der Waals surface area contributed by atoms with Crippen molar-refractivity contribution in [3.63, 3.8) is 0 Å². The van der Waals surface area contributed by atoms with Gasteiger partial charge in [-0.05, 0) is 41.3 Å². The molecular formula is C27H27ClFN5O3. The predicted octanol–water partition coefficient (Wildman–Crippen LogP) is 3.85. The highest BCUT2D eigenvalue weighted by atomic mass is 35.5. The number of pyridine rings is 1. The highest BCUT2D eigenvalue weighted by molar-refractivity contribution is 6.30. The van der Waals surface area contributed by atoms with Crippen molar-refractivity contribution in [2.45, 2.75) is 25.2 Å². The molecule has 37 heavy (non-hydrogen) atoms. The lowest BCUT2D eigenvalue weighted by atomic mass is 9.69. The summed E-state index contributed by atoms with van der Waals surface area (Å²) in [7, 11) is 1.48. The summed E-state index contributed by atoms with van der Waals surface area (Å²) in [5.74, 6) is -2.19. The predicted molar refractivity (Wildman–Crippen MR) is 141 cm³/mol. The van der Waals surface area contributed by atoms with Crippen LogP contribution in [0.5, 0.6) is 0 Å². The molecule has 2 aromatic carbocycles. The van der Waals surface area contributed by atoms with Gasteiger partial charge in [0, 0.05) is 25.8 Å². The Morgan fingerprint density at radius 3 is 2.43 bits per heavy atom. The number of nitrogens with one attached hydrogen (secondary N) is 2. The average molecular weight is 524 g/mol. The number of hydrogen-bond acceptors (Lipinski definition) is 5. The normalized spacial score (nSPS) is 14.2. The van der Waals surface area contributed by atoms with Crippen molar-refractivity contribution in [3.8, 4) is 0 Å². The third kappa shape index (κ3) is 4.86. The number of halogens is 2. The molecular weight excluding hydrogens is 497 g/mol. The number of rotatable bonds is 7. The van der Waals surface area contributed by atoms with Crippen molar-refractivity contribution in [1.82, 2.24) is 10.3 Å². The van der Waals surface area contributed by atoms with Gasteiger partial charge in [-0.2, -0.15) is 0 Å². The number of carbonyl (C=O) groups is 3. The molecule has 1 aliphatic heterocycles. The van der Waals surface area contributed by atoms with E-state index in [2.05, 4.69) is 15.6 Å². The monoisotopic (exact) mass is 523 g/mol. The molecule has 3 amide bonds. The SMILES string of the molecule is CNC(=O)c1cc(Cl)ncc1NC(=O)C1(c2ccccc2C(C)C)CN(c2ccc(C(N)=O)c(F)c2)C1. The summed E-state index contributed by atoms with van der Waals surface area (Å²) < 4.78 is 14.5. The molecule has 1 fully saturated rings. The summed E-state index contributed by atoms with van der Waals surface area (Å²) >= 11 is 5.99. The first-order valence-corrected chi connectivity index (χ1v) is 12.1. The molecule has 0 saturated carbocycles. The van der Waals surface area contributed by atoms with Crippen molar-refractivity contribution in [3.05, 3.63) is 88.0 Å². The Bertz CT molecular complexity index is 1390. The second-order valence-corrected chi connectivity index (χ2v) is 9.68. The van der Waals surface area contributed by atoms with Gasteiger partial charge in [-0.25, -0.2) is 9.37 Å². The largest absolute Gasteiger partial charge is 0.368 e. The molecule has 0 bridgehead atoms. The minimum atomic E-state index is -1.00.